The molecule has 1 N–H and O–H groups in total. The van der Waals surface area contributed by atoms with Gasteiger partial charge in [0.2, 0.25) is 0 Å². The van der Waals surface area contributed by atoms with E-state index in [4.69, 9.17) is 9.47 Å². The van der Waals surface area contributed by atoms with E-state index in [0.717, 1.165) is 28.1 Å². The van der Waals surface area contributed by atoms with Crippen molar-refractivity contribution in [3.05, 3.63) is 22.2 Å². The molecule has 90 valence electrons. The fourth-order valence-corrected chi connectivity index (χ4v) is 1.94. The zero-order valence-corrected chi connectivity index (χ0v) is 11.7. The molecule has 0 amide bonds. The molecule has 0 fully saturated rings. The highest BCUT2D eigenvalue weighted by Gasteiger charge is 2.11. The van der Waals surface area contributed by atoms with Crippen molar-refractivity contribution in [3.8, 4) is 11.5 Å². The predicted octanol–water partition coefficient (Wildman–Crippen LogP) is 2.96. The molecule has 0 heterocycles. The van der Waals surface area contributed by atoms with Crippen LogP contribution in [0.2, 0.25) is 0 Å². The summed E-state index contributed by atoms with van der Waals surface area (Å²) in [5.41, 5.74) is 1.09. The van der Waals surface area contributed by atoms with Crippen LogP contribution in [-0.2, 0) is 6.54 Å². The fourth-order valence-electron chi connectivity index (χ4n) is 1.45. The van der Waals surface area contributed by atoms with Crippen LogP contribution in [0.5, 0.6) is 11.5 Å². The number of hydrogen-bond acceptors (Lipinski definition) is 3. The van der Waals surface area contributed by atoms with Crippen molar-refractivity contribution in [2.45, 2.75) is 26.4 Å². The van der Waals surface area contributed by atoms with E-state index in [1.807, 2.05) is 12.1 Å². The van der Waals surface area contributed by atoms with Gasteiger partial charge in [-0.25, -0.2) is 0 Å². The third-order valence-electron chi connectivity index (χ3n) is 2.22. The highest BCUT2D eigenvalue weighted by atomic mass is 79.9. The van der Waals surface area contributed by atoms with Gasteiger partial charge < -0.3 is 14.8 Å². The normalized spacial score (nSPS) is 10.6. The van der Waals surface area contributed by atoms with E-state index < -0.39 is 0 Å². The number of nitrogens with one attached hydrogen (secondary N) is 1. The molecule has 0 aliphatic carbocycles. The van der Waals surface area contributed by atoms with Crippen LogP contribution >= 0.6 is 15.9 Å². The van der Waals surface area contributed by atoms with E-state index in [-0.39, 0.29) is 0 Å². The summed E-state index contributed by atoms with van der Waals surface area (Å²) in [6, 6.07) is 4.38. The molecule has 0 saturated heterocycles. The van der Waals surface area contributed by atoms with Crippen molar-refractivity contribution in [2.75, 3.05) is 14.2 Å². The Morgan fingerprint density at radius 1 is 1.25 bits per heavy atom. The summed E-state index contributed by atoms with van der Waals surface area (Å²) >= 11 is 3.46. The molecule has 1 rings (SSSR count). The molecule has 0 bridgehead atoms. The van der Waals surface area contributed by atoms with Gasteiger partial charge in [-0.05, 0) is 12.1 Å². The largest absolute Gasteiger partial charge is 0.493 e. The van der Waals surface area contributed by atoms with Gasteiger partial charge in [0.25, 0.3) is 0 Å². The predicted molar refractivity (Wildman–Crippen MR) is 69.2 cm³/mol. The molecule has 16 heavy (non-hydrogen) atoms. The van der Waals surface area contributed by atoms with E-state index in [9.17, 15) is 0 Å². The molecule has 0 atom stereocenters. The molecular formula is C12H18BrNO2. The first-order valence-electron chi connectivity index (χ1n) is 5.22. The summed E-state index contributed by atoms with van der Waals surface area (Å²) in [5, 5.41) is 3.36. The van der Waals surface area contributed by atoms with Gasteiger partial charge >= 0.3 is 0 Å². The lowest BCUT2D eigenvalue weighted by molar-refractivity contribution is 0.350. The second kappa shape index (κ2) is 6.11. The average Bonchev–Trinajstić information content (AvgIpc) is 2.25. The Labute approximate surface area is 105 Å². The van der Waals surface area contributed by atoms with Crippen LogP contribution in [0.3, 0.4) is 0 Å². The Morgan fingerprint density at radius 2 is 1.94 bits per heavy atom. The van der Waals surface area contributed by atoms with Crippen LogP contribution in [0.25, 0.3) is 0 Å². The Morgan fingerprint density at radius 3 is 2.44 bits per heavy atom. The summed E-state index contributed by atoms with van der Waals surface area (Å²) in [4.78, 5) is 0. The lowest BCUT2D eigenvalue weighted by atomic mass is 10.1. The van der Waals surface area contributed by atoms with Crippen molar-refractivity contribution >= 4 is 15.9 Å². The zero-order chi connectivity index (χ0) is 12.1. The molecule has 0 aliphatic rings. The third kappa shape index (κ3) is 3.39. The van der Waals surface area contributed by atoms with Crippen LogP contribution in [0.4, 0.5) is 0 Å². The van der Waals surface area contributed by atoms with E-state index in [1.165, 1.54) is 0 Å². The quantitative estimate of drug-likeness (QED) is 0.903. The van der Waals surface area contributed by atoms with Crippen molar-refractivity contribution in [1.82, 2.24) is 5.32 Å². The monoisotopic (exact) mass is 287 g/mol. The first-order chi connectivity index (χ1) is 7.58. The molecule has 0 aliphatic heterocycles. The first kappa shape index (κ1) is 13.3. The molecule has 3 nitrogen and oxygen atoms in total. The second-order valence-corrected chi connectivity index (χ2v) is 4.75. The number of ether oxygens (including phenoxy) is 2. The number of hydrogen-bond donors (Lipinski definition) is 1. The summed E-state index contributed by atoms with van der Waals surface area (Å²) < 4.78 is 11.6. The Kier molecular flexibility index (Phi) is 5.09. The first-order valence-corrected chi connectivity index (χ1v) is 6.01. The molecule has 0 spiro atoms. The summed E-state index contributed by atoms with van der Waals surface area (Å²) in [6.45, 7) is 4.99. The smallest absolute Gasteiger partial charge is 0.165 e. The summed E-state index contributed by atoms with van der Waals surface area (Å²) in [7, 11) is 3.30. The minimum absolute atomic E-state index is 0.440. The standard InChI is InChI=1S/C12H18BrNO2/c1-8(2)14-7-9-5-10(13)6-11(15-3)12(9)16-4/h5-6,8,14H,7H2,1-4H3. The maximum absolute atomic E-state index is 5.37. The van der Waals surface area contributed by atoms with E-state index >= 15 is 0 Å². The SMILES string of the molecule is COc1cc(Br)cc(CNC(C)C)c1OC. The fraction of sp³-hybridized carbons (Fsp3) is 0.500. The lowest BCUT2D eigenvalue weighted by Crippen LogP contribution is -2.22. The van der Waals surface area contributed by atoms with Crippen LogP contribution in [-0.4, -0.2) is 20.3 Å². The van der Waals surface area contributed by atoms with Crippen molar-refractivity contribution < 1.29 is 9.47 Å². The van der Waals surface area contributed by atoms with E-state index in [0.29, 0.717) is 6.04 Å². The average molecular weight is 288 g/mol. The molecule has 0 saturated carbocycles. The maximum Gasteiger partial charge on any atom is 0.165 e. The minimum atomic E-state index is 0.440. The van der Waals surface area contributed by atoms with Gasteiger partial charge in [0.05, 0.1) is 14.2 Å². The zero-order valence-electron chi connectivity index (χ0n) is 10.1. The Bertz CT molecular complexity index is 353. The number of halogens is 1. The summed E-state index contributed by atoms with van der Waals surface area (Å²) in [6.07, 6.45) is 0. The lowest BCUT2D eigenvalue weighted by Gasteiger charge is -2.15. The molecule has 4 heteroatoms. The van der Waals surface area contributed by atoms with Gasteiger partial charge in [0.15, 0.2) is 11.5 Å². The molecule has 0 unspecified atom stereocenters. The Hall–Kier alpha value is -0.740. The molecule has 0 aromatic heterocycles. The van der Waals surface area contributed by atoms with Crippen molar-refractivity contribution in [3.63, 3.8) is 0 Å². The molecule has 1 aromatic carbocycles. The topological polar surface area (TPSA) is 30.5 Å². The van der Waals surface area contributed by atoms with Gasteiger partial charge in [0.1, 0.15) is 0 Å². The number of benzene rings is 1. The van der Waals surface area contributed by atoms with Gasteiger partial charge in [-0.3, -0.25) is 0 Å². The van der Waals surface area contributed by atoms with E-state index in [1.54, 1.807) is 14.2 Å². The van der Waals surface area contributed by atoms with Crippen LogP contribution in [0.1, 0.15) is 19.4 Å². The van der Waals surface area contributed by atoms with Crippen LogP contribution in [0, 0.1) is 0 Å². The molecular weight excluding hydrogens is 270 g/mol. The highest BCUT2D eigenvalue weighted by molar-refractivity contribution is 9.10. The third-order valence-corrected chi connectivity index (χ3v) is 2.68. The second-order valence-electron chi connectivity index (χ2n) is 3.84. The summed E-state index contributed by atoms with van der Waals surface area (Å²) in [5.74, 6) is 1.54. The van der Waals surface area contributed by atoms with E-state index in [2.05, 4.69) is 35.1 Å². The number of rotatable bonds is 5. The minimum Gasteiger partial charge on any atom is -0.493 e. The number of methoxy groups -OCH3 is 2. The van der Waals surface area contributed by atoms with Crippen LogP contribution < -0.4 is 14.8 Å². The van der Waals surface area contributed by atoms with Gasteiger partial charge in [-0.15, -0.1) is 0 Å². The van der Waals surface area contributed by atoms with Crippen molar-refractivity contribution in [1.29, 1.82) is 0 Å². The highest BCUT2D eigenvalue weighted by Crippen LogP contribution is 2.34. The molecule has 1 aromatic rings. The van der Waals surface area contributed by atoms with Gasteiger partial charge in [0, 0.05) is 22.6 Å². The van der Waals surface area contributed by atoms with Gasteiger partial charge in [-0.1, -0.05) is 29.8 Å². The van der Waals surface area contributed by atoms with Crippen molar-refractivity contribution in [2.24, 2.45) is 0 Å². The molecule has 0 radical (unpaired) electrons. The maximum atomic E-state index is 5.37. The Balaban J connectivity index is 3.00. The van der Waals surface area contributed by atoms with Gasteiger partial charge in [-0.2, -0.15) is 0 Å². The van der Waals surface area contributed by atoms with Crippen LogP contribution in [0.15, 0.2) is 16.6 Å².